The van der Waals surface area contributed by atoms with Gasteiger partial charge in [0.05, 0.1) is 23.3 Å². The van der Waals surface area contributed by atoms with Gasteiger partial charge in [-0.15, -0.1) is 11.8 Å². The highest BCUT2D eigenvalue weighted by molar-refractivity contribution is 7.99. The fourth-order valence-corrected chi connectivity index (χ4v) is 4.40. The van der Waals surface area contributed by atoms with Crippen molar-refractivity contribution in [1.29, 1.82) is 0 Å². The lowest BCUT2D eigenvalue weighted by Gasteiger charge is -2.26. The molecular formula is C19H27Cl2NO2S. The number of Topliss-reactive ketones (excluding diaryl/α,β-unsaturated/α-hetero) is 1. The van der Waals surface area contributed by atoms with Crippen LogP contribution in [0.25, 0.3) is 0 Å². The van der Waals surface area contributed by atoms with E-state index < -0.39 is 0 Å². The fourth-order valence-electron chi connectivity index (χ4n) is 2.79. The molecule has 0 N–H and O–H groups in total. The van der Waals surface area contributed by atoms with Gasteiger partial charge in [-0.25, -0.2) is 0 Å². The van der Waals surface area contributed by atoms with Crippen LogP contribution < -0.4 is 0 Å². The Bertz CT molecular complexity index is 563. The number of nitrogens with zero attached hydrogens (tertiary/aromatic N) is 1. The maximum atomic E-state index is 12.5. The van der Waals surface area contributed by atoms with Crippen LogP contribution in [0.5, 0.6) is 0 Å². The third-order valence-electron chi connectivity index (χ3n) is 4.36. The van der Waals surface area contributed by atoms with E-state index in [1.165, 1.54) is 25.7 Å². The lowest BCUT2D eigenvalue weighted by molar-refractivity contribution is 0.0370. The summed E-state index contributed by atoms with van der Waals surface area (Å²) in [6, 6.07) is 3.75. The summed E-state index contributed by atoms with van der Waals surface area (Å²) in [5.74, 6) is 1.08. The lowest BCUT2D eigenvalue weighted by Crippen LogP contribution is -2.37. The monoisotopic (exact) mass is 403 g/mol. The molecule has 0 aliphatic carbocycles. The molecule has 3 nitrogen and oxygen atoms in total. The van der Waals surface area contributed by atoms with E-state index in [0.717, 1.165) is 43.5 Å². The van der Waals surface area contributed by atoms with Crippen molar-refractivity contribution < 1.29 is 9.53 Å². The highest BCUT2D eigenvalue weighted by Gasteiger charge is 2.18. The predicted molar refractivity (Wildman–Crippen MR) is 108 cm³/mol. The topological polar surface area (TPSA) is 29.5 Å². The molecule has 0 atom stereocenters. The first-order chi connectivity index (χ1) is 12.1. The molecule has 0 bridgehead atoms. The molecule has 140 valence electrons. The summed E-state index contributed by atoms with van der Waals surface area (Å²) in [5, 5.41) is 0.909. The summed E-state index contributed by atoms with van der Waals surface area (Å²) in [4.78, 5) is 15.7. The number of carbonyl (C=O) groups excluding carboxylic acids is 1. The van der Waals surface area contributed by atoms with Gasteiger partial charge in [0.25, 0.3) is 0 Å². The highest BCUT2D eigenvalue weighted by atomic mass is 35.5. The Morgan fingerprint density at radius 3 is 2.64 bits per heavy atom. The number of carbonyl (C=O) groups is 1. The van der Waals surface area contributed by atoms with Gasteiger partial charge in [0, 0.05) is 36.5 Å². The third-order valence-corrected chi connectivity index (χ3v) is 6.50. The van der Waals surface area contributed by atoms with Gasteiger partial charge in [-0.1, -0.05) is 49.4 Å². The molecule has 1 aliphatic heterocycles. The van der Waals surface area contributed by atoms with E-state index in [0.29, 0.717) is 22.0 Å². The molecule has 1 saturated heterocycles. The molecule has 0 amide bonds. The van der Waals surface area contributed by atoms with Crippen LogP contribution in [0.3, 0.4) is 0 Å². The minimum Gasteiger partial charge on any atom is -0.379 e. The molecule has 0 spiro atoms. The maximum Gasteiger partial charge on any atom is 0.165 e. The van der Waals surface area contributed by atoms with Gasteiger partial charge in [-0.05, 0) is 24.3 Å². The minimum atomic E-state index is 0.0536. The van der Waals surface area contributed by atoms with E-state index >= 15 is 0 Å². The second kappa shape index (κ2) is 11.5. The fraction of sp³-hybridized carbons (Fsp3) is 0.632. The minimum absolute atomic E-state index is 0.0536. The van der Waals surface area contributed by atoms with Crippen molar-refractivity contribution in [3.8, 4) is 0 Å². The summed E-state index contributed by atoms with van der Waals surface area (Å²) >= 11 is 14.5. The van der Waals surface area contributed by atoms with E-state index in [4.69, 9.17) is 27.9 Å². The first-order valence-electron chi connectivity index (χ1n) is 9.07. The number of ketones is 1. The third kappa shape index (κ3) is 6.76. The lowest BCUT2D eigenvalue weighted by atomic mass is 10.1. The largest absolute Gasteiger partial charge is 0.379 e. The Balaban J connectivity index is 1.88. The van der Waals surface area contributed by atoms with Gasteiger partial charge < -0.3 is 4.74 Å². The molecule has 1 aromatic carbocycles. The second-order valence-corrected chi connectivity index (χ2v) is 8.17. The van der Waals surface area contributed by atoms with Crippen LogP contribution >= 0.6 is 35.0 Å². The zero-order valence-electron chi connectivity index (χ0n) is 14.9. The molecule has 0 saturated carbocycles. The number of hydrogen-bond donors (Lipinski definition) is 0. The summed E-state index contributed by atoms with van der Waals surface area (Å²) < 4.78 is 5.33. The Kier molecular flexibility index (Phi) is 9.64. The number of morpholine rings is 1. The molecule has 0 unspecified atom stereocenters. The van der Waals surface area contributed by atoms with Gasteiger partial charge >= 0.3 is 0 Å². The Hall–Kier alpha value is -0.260. The number of halogens is 2. The molecule has 0 aromatic heterocycles. The summed E-state index contributed by atoms with van der Waals surface area (Å²) in [7, 11) is 0. The molecule has 6 heteroatoms. The van der Waals surface area contributed by atoms with E-state index in [-0.39, 0.29) is 5.78 Å². The normalized spacial score (nSPS) is 15.5. The number of ether oxygens (including phenoxy) is 1. The van der Waals surface area contributed by atoms with Crippen LogP contribution in [0.1, 0.15) is 49.4 Å². The number of unbranched alkanes of at least 4 members (excludes halogenated alkanes) is 3. The van der Waals surface area contributed by atoms with Crippen molar-refractivity contribution >= 4 is 40.7 Å². The van der Waals surface area contributed by atoms with Crippen LogP contribution in [0.4, 0.5) is 0 Å². The molecule has 0 radical (unpaired) electrons. The quantitative estimate of drug-likeness (QED) is 0.290. The smallest absolute Gasteiger partial charge is 0.165 e. The van der Waals surface area contributed by atoms with Crippen molar-refractivity contribution in [3.63, 3.8) is 0 Å². The molecular weight excluding hydrogens is 377 g/mol. The number of hydrogen-bond acceptors (Lipinski definition) is 4. The van der Waals surface area contributed by atoms with Crippen molar-refractivity contribution in [1.82, 2.24) is 4.90 Å². The van der Waals surface area contributed by atoms with Crippen LogP contribution in [0, 0.1) is 0 Å². The molecule has 1 aliphatic rings. The predicted octanol–water partition coefficient (Wildman–Crippen LogP) is 5.57. The van der Waals surface area contributed by atoms with Crippen molar-refractivity contribution in [2.24, 2.45) is 0 Å². The van der Waals surface area contributed by atoms with Gasteiger partial charge in [0.1, 0.15) is 0 Å². The van der Waals surface area contributed by atoms with Crippen LogP contribution in [-0.2, 0) is 4.74 Å². The van der Waals surface area contributed by atoms with E-state index in [9.17, 15) is 4.79 Å². The van der Waals surface area contributed by atoms with E-state index in [2.05, 4.69) is 11.8 Å². The summed E-state index contributed by atoms with van der Waals surface area (Å²) in [6.07, 6.45) is 5.38. The van der Waals surface area contributed by atoms with E-state index in [1.54, 1.807) is 11.8 Å². The van der Waals surface area contributed by atoms with Gasteiger partial charge in [-0.3, -0.25) is 9.69 Å². The Labute approximate surface area is 165 Å². The van der Waals surface area contributed by atoms with Crippen molar-refractivity contribution in [3.05, 3.63) is 27.7 Å². The number of rotatable bonds is 10. The molecule has 1 heterocycles. The van der Waals surface area contributed by atoms with Crippen molar-refractivity contribution in [2.75, 3.05) is 38.6 Å². The maximum absolute atomic E-state index is 12.5. The summed E-state index contributed by atoms with van der Waals surface area (Å²) in [5.41, 5.74) is 0.537. The molecule has 1 aromatic rings. The number of benzene rings is 1. The first kappa shape index (κ1) is 21.0. The average molecular weight is 404 g/mol. The zero-order valence-corrected chi connectivity index (χ0v) is 17.2. The zero-order chi connectivity index (χ0) is 18.1. The SMILES string of the molecule is CCCCCCSc1ccc(C(=O)CCN2CCOCC2)c(Cl)c1Cl. The van der Waals surface area contributed by atoms with E-state index in [1.807, 2.05) is 12.1 Å². The van der Waals surface area contributed by atoms with Crippen LogP contribution in [0.2, 0.25) is 10.0 Å². The molecule has 2 rings (SSSR count). The van der Waals surface area contributed by atoms with Gasteiger partial charge in [0.15, 0.2) is 5.78 Å². The summed E-state index contributed by atoms with van der Waals surface area (Å²) in [6.45, 7) is 6.20. The van der Waals surface area contributed by atoms with Gasteiger partial charge in [0.2, 0.25) is 0 Å². The van der Waals surface area contributed by atoms with Crippen molar-refractivity contribution in [2.45, 2.75) is 43.9 Å². The number of thioether (sulfide) groups is 1. The Morgan fingerprint density at radius 2 is 1.92 bits per heavy atom. The average Bonchev–Trinajstić information content (AvgIpc) is 2.64. The highest BCUT2D eigenvalue weighted by Crippen LogP contribution is 2.36. The Morgan fingerprint density at radius 1 is 1.16 bits per heavy atom. The first-order valence-corrected chi connectivity index (χ1v) is 10.8. The molecule has 25 heavy (non-hydrogen) atoms. The van der Waals surface area contributed by atoms with Crippen LogP contribution in [-0.4, -0.2) is 49.3 Å². The standard InChI is InChI=1S/C19H27Cl2NO2S/c1-2-3-4-5-14-25-17-7-6-15(18(20)19(17)21)16(23)8-9-22-10-12-24-13-11-22/h6-7H,2-5,8-14H2,1H3. The van der Waals surface area contributed by atoms with Crippen LogP contribution in [0.15, 0.2) is 17.0 Å². The second-order valence-electron chi connectivity index (χ2n) is 6.28. The van der Waals surface area contributed by atoms with Gasteiger partial charge in [-0.2, -0.15) is 0 Å². The molecule has 1 fully saturated rings.